The predicted octanol–water partition coefficient (Wildman–Crippen LogP) is 4.38. The molecule has 4 nitrogen and oxygen atoms in total. The number of phenolic OH excluding ortho intramolecular Hbond substituents is 1. The third-order valence-electron chi connectivity index (χ3n) is 4.06. The number of benzene rings is 2. The Kier molecular flexibility index (Phi) is 3.43. The van der Waals surface area contributed by atoms with E-state index in [0.717, 1.165) is 16.8 Å². The van der Waals surface area contributed by atoms with Crippen molar-refractivity contribution in [1.29, 1.82) is 0 Å². The van der Waals surface area contributed by atoms with E-state index in [9.17, 15) is 5.11 Å². The molecule has 0 amide bonds. The number of phenols is 1. The van der Waals surface area contributed by atoms with Crippen molar-refractivity contribution in [3.8, 4) is 34.1 Å². The summed E-state index contributed by atoms with van der Waals surface area (Å²) in [6.07, 6.45) is 1.95. The van der Waals surface area contributed by atoms with Crippen molar-refractivity contribution < 1.29 is 9.84 Å². The minimum absolute atomic E-state index is 0.0929. The van der Waals surface area contributed by atoms with Gasteiger partial charge in [0, 0.05) is 11.8 Å². The maximum atomic E-state index is 10.5. The van der Waals surface area contributed by atoms with Crippen LogP contribution < -0.4 is 4.74 Å². The Morgan fingerprint density at radius 1 is 0.917 bits per heavy atom. The number of rotatable bonds is 3. The fourth-order valence-electron chi connectivity index (χ4n) is 2.90. The summed E-state index contributed by atoms with van der Waals surface area (Å²) in [5.74, 6) is 1.21. The summed E-state index contributed by atoms with van der Waals surface area (Å²) < 4.78 is 7.21. The molecule has 0 aliphatic heterocycles. The number of aromatic nitrogens is 2. The lowest BCUT2D eigenvalue weighted by atomic mass is 10.1. The fourth-order valence-corrected chi connectivity index (χ4v) is 2.90. The molecule has 0 saturated heterocycles. The third kappa shape index (κ3) is 2.20. The molecule has 2 heterocycles. The SMILES string of the molecule is COc1cccc(-c2nc(-c3ccccc3)c3ccccn23)c1O. The number of aromatic hydroxyl groups is 1. The molecule has 4 rings (SSSR count). The van der Waals surface area contributed by atoms with Crippen LogP contribution in [0.15, 0.2) is 72.9 Å². The molecule has 0 atom stereocenters. The molecule has 0 aliphatic rings. The Bertz CT molecular complexity index is 1010. The van der Waals surface area contributed by atoms with Crippen molar-refractivity contribution in [1.82, 2.24) is 9.38 Å². The van der Waals surface area contributed by atoms with Gasteiger partial charge in [0.15, 0.2) is 11.5 Å². The maximum Gasteiger partial charge on any atom is 0.168 e. The van der Waals surface area contributed by atoms with Gasteiger partial charge in [-0.05, 0) is 24.3 Å². The van der Waals surface area contributed by atoms with Crippen LogP contribution in [-0.4, -0.2) is 21.6 Å². The molecule has 2 aromatic carbocycles. The predicted molar refractivity (Wildman–Crippen MR) is 94.3 cm³/mol. The lowest BCUT2D eigenvalue weighted by molar-refractivity contribution is 0.374. The van der Waals surface area contributed by atoms with E-state index in [4.69, 9.17) is 9.72 Å². The number of fused-ring (bicyclic) bond motifs is 1. The molecule has 0 spiro atoms. The van der Waals surface area contributed by atoms with Gasteiger partial charge in [0.2, 0.25) is 0 Å². The van der Waals surface area contributed by atoms with Crippen molar-refractivity contribution >= 4 is 5.52 Å². The van der Waals surface area contributed by atoms with Gasteiger partial charge in [0.1, 0.15) is 5.82 Å². The van der Waals surface area contributed by atoms with Crippen LogP contribution in [0.25, 0.3) is 28.2 Å². The number of methoxy groups -OCH3 is 1. The first kappa shape index (κ1) is 14.3. The molecule has 24 heavy (non-hydrogen) atoms. The van der Waals surface area contributed by atoms with E-state index in [0.29, 0.717) is 17.1 Å². The molecule has 0 unspecified atom stereocenters. The fraction of sp³-hybridized carbons (Fsp3) is 0.0500. The second-order valence-corrected chi connectivity index (χ2v) is 5.46. The molecule has 2 aromatic heterocycles. The monoisotopic (exact) mass is 316 g/mol. The quantitative estimate of drug-likeness (QED) is 0.610. The number of hydrogen-bond acceptors (Lipinski definition) is 3. The maximum absolute atomic E-state index is 10.5. The first-order chi connectivity index (χ1) is 11.8. The summed E-state index contributed by atoms with van der Waals surface area (Å²) in [5, 5.41) is 10.5. The Hall–Kier alpha value is -3.27. The number of imidazole rings is 1. The Balaban J connectivity index is 2.01. The summed E-state index contributed by atoms with van der Waals surface area (Å²) in [6, 6.07) is 21.4. The number of hydrogen-bond donors (Lipinski definition) is 1. The number of nitrogens with zero attached hydrogens (tertiary/aromatic N) is 2. The number of ether oxygens (including phenoxy) is 1. The summed E-state index contributed by atoms with van der Waals surface area (Å²) in [5.41, 5.74) is 3.54. The highest BCUT2D eigenvalue weighted by molar-refractivity contribution is 5.83. The van der Waals surface area contributed by atoms with Crippen molar-refractivity contribution in [2.24, 2.45) is 0 Å². The second kappa shape index (κ2) is 5.74. The van der Waals surface area contributed by atoms with Crippen molar-refractivity contribution in [2.45, 2.75) is 0 Å². The largest absolute Gasteiger partial charge is 0.504 e. The van der Waals surface area contributed by atoms with Crippen molar-refractivity contribution in [3.05, 3.63) is 72.9 Å². The van der Waals surface area contributed by atoms with Crippen LogP contribution in [0.3, 0.4) is 0 Å². The van der Waals surface area contributed by atoms with Gasteiger partial charge in [-0.3, -0.25) is 4.40 Å². The highest BCUT2D eigenvalue weighted by atomic mass is 16.5. The van der Waals surface area contributed by atoms with E-state index >= 15 is 0 Å². The second-order valence-electron chi connectivity index (χ2n) is 5.46. The zero-order chi connectivity index (χ0) is 16.5. The molecular weight excluding hydrogens is 300 g/mol. The van der Waals surface area contributed by atoms with E-state index < -0.39 is 0 Å². The topological polar surface area (TPSA) is 46.8 Å². The standard InChI is InChI=1S/C20H16N2O2/c1-24-17-12-7-10-15(19(17)23)20-21-18(14-8-3-2-4-9-14)16-11-5-6-13-22(16)20/h2-13,23H,1H3. The van der Waals surface area contributed by atoms with Gasteiger partial charge in [-0.2, -0.15) is 0 Å². The van der Waals surface area contributed by atoms with Gasteiger partial charge in [-0.1, -0.05) is 42.5 Å². The van der Waals surface area contributed by atoms with E-state index in [1.807, 2.05) is 71.3 Å². The average Bonchev–Trinajstić information content (AvgIpc) is 3.02. The number of para-hydroxylation sites is 1. The normalized spacial score (nSPS) is 10.9. The molecule has 0 aliphatic carbocycles. The van der Waals surface area contributed by atoms with Gasteiger partial charge in [-0.15, -0.1) is 0 Å². The lowest BCUT2D eigenvalue weighted by Gasteiger charge is -2.07. The van der Waals surface area contributed by atoms with E-state index in [2.05, 4.69) is 0 Å². The van der Waals surface area contributed by atoms with E-state index in [-0.39, 0.29) is 5.75 Å². The van der Waals surface area contributed by atoms with Gasteiger partial charge < -0.3 is 9.84 Å². The molecule has 0 radical (unpaired) electrons. The van der Waals surface area contributed by atoms with Crippen molar-refractivity contribution in [2.75, 3.05) is 7.11 Å². The van der Waals surface area contributed by atoms with Gasteiger partial charge in [0.25, 0.3) is 0 Å². The first-order valence-electron chi connectivity index (χ1n) is 7.68. The molecule has 0 saturated carbocycles. The zero-order valence-corrected chi connectivity index (χ0v) is 13.2. The van der Waals surface area contributed by atoms with Crippen LogP contribution in [0.1, 0.15) is 0 Å². The third-order valence-corrected chi connectivity index (χ3v) is 4.06. The minimum Gasteiger partial charge on any atom is -0.504 e. The van der Waals surface area contributed by atoms with E-state index in [1.165, 1.54) is 7.11 Å². The van der Waals surface area contributed by atoms with Crippen LogP contribution in [0.5, 0.6) is 11.5 Å². The smallest absolute Gasteiger partial charge is 0.168 e. The Labute approximate surface area is 139 Å². The minimum atomic E-state index is 0.0929. The van der Waals surface area contributed by atoms with E-state index in [1.54, 1.807) is 6.07 Å². The molecule has 118 valence electrons. The lowest BCUT2D eigenvalue weighted by Crippen LogP contribution is -1.91. The van der Waals surface area contributed by atoms with Crippen LogP contribution >= 0.6 is 0 Å². The molecule has 0 bridgehead atoms. The summed E-state index contributed by atoms with van der Waals surface area (Å²) in [4.78, 5) is 4.81. The Morgan fingerprint density at radius 3 is 2.50 bits per heavy atom. The van der Waals surface area contributed by atoms with Gasteiger partial charge in [0.05, 0.1) is 23.9 Å². The van der Waals surface area contributed by atoms with Gasteiger partial charge >= 0.3 is 0 Å². The first-order valence-corrected chi connectivity index (χ1v) is 7.68. The Morgan fingerprint density at radius 2 is 1.71 bits per heavy atom. The van der Waals surface area contributed by atoms with Crippen LogP contribution in [0.2, 0.25) is 0 Å². The molecule has 4 heteroatoms. The number of pyridine rings is 1. The molecule has 0 fully saturated rings. The highest BCUT2D eigenvalue weighted by Gasteiger charge is 2.18. The highest BCUT2D eigenvalue weighted by Crippen LogP contribution is 2.38. The van der Waals surface area contributed by atoms with Crippen LogP contribution in [-0.2, 0) is 0 Å². The molecule has 4 aromatic rings. The molecule has 1 N–H and O–H groups in total. The van der Waals surface area contributed by atoms with Gasteiger partial charge in [-0.25, -0.2) is 4.98 Å². The summed E-state index contributed by atoms with van der Waals surface area (Å²) in [6.45, 7) is 0. The van der Waals surface area contributed by atoms with Crippen LogP contribution in [0.4, 0.5) is 0 Å². The molecular formula is C20H16N2O2. The zero-order valence-electron chi connectivity index (χ0n) is 13.2. The summed E-state index contributed by atoms with van der Waals surface area (Å²) in [7, 11) is 1.54. The van der Waals surface area contributed by atoms with Crippen molar-refractivity contribution in [3.63, 3.8) is 0 Å². The average molecular weight is 316 g/mol. The summed E-state index contributed by atoms with van der Waals surface area (Å²) >= 11 is 0. The van der Waals surface area contributed by atoms with Crippen LogP contribution in [0, 0.1) is 0 Å².